The van der Waals surface area contributed by atoms with Crippen LogP contribution in [-0.4, -0.2) is 15.5 Å². The molecule has 19 heavy (non-hydrogen) atoms. The molecule has 0 N–H and O–H groups in total. The van der Waals surface area contributed by atoms with Gasteiger partial charge in [0.15, 0.2) is 0 Å². The van der Waals surface area contributed by atoms with Crippen molar-refractivity contribution in [3.63, 3.8) is 0 Å². The van der Waals surface area contributed by atoms with Crippen molar-refractivity contribution in [1.82, 2.24) is 0 Å². The van der Waals surface area contributed by atoms with Crippen LogP contribution in [-0.2, 0) is 11.4 Å². The Balaban J connectivity index is 3.15. The molecule has 7 heteroatoms. The van der Waals surface area contributed by atoms with E-state index in [2.05, 4.69) is 20.3 Å². The van der Waals surface area contributed by atoms with Gasteiger partial charge in [0.25, 0.3) is 6.43 Å². The van der Waals surface area contributed by atoms with Gasteiger partial charge in [-0.15, -0.1) is 0 Å². The third kappa shape index (κ3) is 4.22. The summed E-state index contributed by atoms with van der Waals surface area (Å²) in [7, 11) is 0. The van der Waals surface area contributed by atoms with Gasteiger partial charge in [-0.25, -0.2) is 13.2 Å². The van der Waals surface area contributed by atoms with Crippen LogP contribution in [0.5, 0.6) is 0 Å². The van der Waals surface area contributed by atoms with E-state index >= 15 is 0 Å². The lowest BCUT2D eigenvalue weighted by Crippen LogP contribution is -2.25. The monoisotopic (exact) mass is 355 g/mol. The maximum absolute atomic E-state index is 13.6. The van der Waals surface area contributed by atoms with Gasteiger partial charge < -0.3 is 4.55 Å². The summed E-state index contributed by atoms with van der Waals surface area (Å²) in [5.41, 5.74) is -0.822. The Morgan fingerprint density at radius 1 is 1.37 bits per heavy atom. The number of hydrogen-bond acceptors (Lipinski definition) is 2. The highest BCUT2D eigenvalue weighted by atomic mass is 79.9. The van der Waals surface area contributed by atoms with Gasteiger partial charge in [0.1, 0.15) is 21.9 Å². The summed E-state index contributed by atoms with van der Waals surface area (Å²) in [6, 6.07) is 2.61. The molecular weight excluding hydrogens is 343 g/mol. The summed E-state index contributed by atoms with van der Waals surface area (Å²) in [5, 5.41) is 0. The van der Waals surface area contributed by atoms with Gasteiger partial charge in [-0.1, -0.05) is 10.5 Å². The highest BCUT2D eigenvalue weighted by Gasteiger charge is 2.26. The van der Waals surface area contributed by atoms with Crippen LogP contribution in [0.25, 0.3) is 0 Å². The van der Waals surface area contributed by atoms with E-state index in [1.807, 2.05) is 0 Å². The Bertz CT molecular complexity index is 489. The lowest BCUT2D eigenvalue weighted by molar-refractivity contribution is 0.146. The van der Waals surface area contributed by atoms with Gasteiger partial charge in [-0.2, -0.15) is 0 Å². The molecule has 0 amide bonds. The quantitative estimate of drug-likeness (QED) is 0.584. The molecule has 0 saturated heterocycles. The smallest absolute Gasteiger partial charge is 0.267 e. The lowest BCUT2D eigenvalue weighted by Gasteiger charge is -2.18. The minimum absolute atomic E-state index is 0.0445. The highest BCUT2D eigenvalue weighted by molar-refractivity contribution is 9.10. The molecule has 0 bridgehead atoms. The molecule has 1 unspecified atom stereocenters. The summed E-state index contributed by atoms with van der Waals surface area (Å²) in [6.07, 6.45) is -1.94. The molecule has 1 aromatic carbocycles. The zero-order valence-electron chi connectivity index (χ0n) is 10.6. The molecule has 106 valence electrons. The van der Waals surface area contributed by atoms with Crippen molar-refractivity contribution in [1.29, 1.82) is 0 Å². The molecule has 0 saturated carbocycles. The molecule has 0 aliphatic rings. The van der Waals surface area contributed by atoms with Crippen LogP contribution in [0.2, 0.25) is 0 Å². The van der Waals surface area contributed by atoms with Crippen LogP contribution in [0.1, 0.15) is 38.3 Å². The molecule has 1 aromatic rings. The van der Waals surface area contributed by atoms with E-state index in [9.17, 15) is 17.7 Å². The summed E-state index contributed by atoms with van der Waals surface area (Å²) in [4.78, 5) is 0. The molecule has 1 rings (SSSR count). The summed E-state index contributed by atoms with van der Waals surface area (Å²) >= 11 is 1.27. The standard InChI is InChI=1S/C12H13BrF3NOS/c1-12(2,3)19(18)17-6-7-4-5-8(13)10(14)9(7)11(15)16/h4-6,11H,1-3H3/b17-6-. The summed E-state index contributed by atoms with van der Waals surface area (Å²) in [5.74, 6) is -1.03. The highest BCUT2D eigenvalue weighted by Crippen LogP contribution is 2.30. The largest absolute Gasteiger partial charge is 0.591 e. The molecule has 0 heterocycles. The minimum Gasteiger partial charge on any atom is -0.591 e. The molecule has 0 aromatic heterocycles. The van der Waals surface area contributed by atoms with Crippen LogP contribution in [0, 0.1) is 5.82 Å². The molecule has 0 fully saturated rings. The Morgan fingerprint density at radius 3 is 2.42 bits per heavy atom. The van der Waals surface area contributed by atoms with Gasteiger partial charge in [0, 0.05) is 5.56 Å². The first-order valence-electron chi connectivity index (χ1n) is 5.36. The molecule has 0 radical (unpaired) electrons. The van der Waals surface area contributed by atoms with E-state index in [4.69, 9.17) is 0 Å². The third-order valence-corrected chi connectivity index (χ3v) is 4.15. The van der Waals surface area contributed by atoms with Gasteiger partial charge in [-0.05, 0) is 42.8 Å². The normalized spacial score (nSPS) is 14.4. The van der Waals surface area contributed by atoms with Crippen LogP contribution in [0.15, 0.2) is 21.0 Å². The molecule has 0 spiro atoms. The van der Waals surface area contributed by atoms with Gasteiger partial charge >= 0.3 is 0 Å². The first-order valence-corrected chi connectivity index (χ1v) is 7.26. The maximum Gasteiger partial charge on any atom is 0.267 e. The fourth-order valence-electron chi connectivity index (χ4n) is 1.18. The zero-order valence-corrected chi connectivity index (χ0v) is 13.0. The number of alkyl halides is 2. The van der Waals surface area contributed by atoms with Crippen molar-refractivity contribution in [3.05, 3.63) is 33.5 Å². The fraction of sp³-hybridized carbons (Fsp3) is 0.417. The van der Waals surface area contributed by atoms with Crippen LogP contribution in [0.4, 0.5) is 13.2 Å². The van der Waals surface area contributed by atoms with Crippen LogP contribution in [0.3, 0.4) is 0 Å². The molecule has 2 nitrogen and oxygen atoms in total. The molecule has 0 aliphatic heterocycles. The van der Waals surface area contributed by atoms with Crippen molar-refractivity contribution in [2.45, 2.75) is 31.9 Å². The van der Waals surface area contributed by atoms with E-state index < -0.39 is 33.9 Å². The van der Waals surface area contributed by atoms with Crippen LogP contribution >= 0.6 is 15.9 Å². The molecule has 0 aliphatic carbocycles. The summed E-state index contributed by atoms with van der Waals surface area (Å²) < 4.78 is 54.0. The average Bonchev–Trinajstić information content (AvgIpc) is 2.28. The third-order valence-electron chi connectivity index (χ3n) is 2.20. The second-order valence-corrected chi connectivity index (χ2v) is 7.55. The predicted octanol–water partition coefficient (Wildman–Crippen LogP) is 4.41. The van der Waals surface area contributed by atoms with Gasteiger partial charge in [-0.3, -0.25) is 0 Å². The maximum atomic E-state index is 13.6. The minimum atomic E-state index is -2.97. The van der Waals surface area contributed by atoms with Crippen LogP contribution < -0.4 is 0 Å². The fourth-order valence-corrected chi connectivity index (χ4v) is 2.05. The Kier molecular flexibility index (Phi) is 5.46. The second kappa shape index (κ2) is 6.28. The van der Waals surface area contributed by atoms with Crippen molar-refractivity contribution in [2.75, 3.05) is 0 Å². The van der Waals surface area contributed by atoms with Gasteiger partial charge in [0.2, 0.25) is 0 Å². The number of halogens is 4. The first kappa shape index (κ1) is 16.5. The summed E-state index contributed by atoms with van der Waals surface area (Å²) in [6.45, 7) is 5.11. The zero-order chi connectivity index (χ0) is 14.8. The number of benzene rings is 1. The number of nitrogens with zero attached hydrogens (tertiary/aromatic N) is 1. The molecular formula is C12H13BrF3NOS. The van der Waals surface area contributed by atoms with Crippen molar-refractivity contribution in [2.24, 2.45) is 4.40 Å². The SMILES string of the molecule is CC(C)(C)[S+]([O-])/N=C\c1ccc(Br)c(F)c1C(F)F. The Morgan fingerprint density at radius 2 is 1.95 bits per heavy atom. The average molecular weight is 356 g/mol. The van der Waals surface area contributed by atoms with Crippen molar-refractivity contribution in [3.8, 4) is 0 Å². The van der Waals surface area contributed by atoms with Gasteiger partial charge in [0.05, 0.1) is 16.3 Å². The van der Waals surface area contributed by atoms with Crippen molar-refractivity contribution < 1.29 is 17.7 Å². The topological polar surface area (TPSA) is 35.4 Å². The lowest BCUT2D eigenvalue weighted by atomic mass is 10.1. The first-order chi connectivity index (χ1) is 8.64. The number of rotatable bonds is 3. The predicted molar refractivity (Wildman–Crippen MR) is 74.5 cm³/mol. The van der Waals surface area contributed by atoms with Crippen molar-refractivity contribution >= 4 is 33.5 Å². The van der Waals surface area contributed by atoms with E-state index in [0.29, 0.717) is 0 Å². The molecule has 1 atom stereocenters. The number of hydrogen-bond donors (Lipinski definition) is 0. The van der Waals surface area contributed by atoms with E-state index in [-0.39, 0.29) is 10.0 Å². The van der Waals surface area contributed by atoms with E-state index in [1.165, 1.54) is 12.1 Å². The Labute approximate surface area is 121 Å². The van der Waals surface area contributed by atoms with E-state index in [0.717, 1.165) is 6.21 Å². The van der Waals surface area contributed by atoms with E-state index in [1.54, 1.807) is 20.8 Å². The Hall–Kier alpha value is -0.530. The second-order valence-electron chi connectivity index (χ2n) is 4.76.